The van der Waals surface area contributed by atoms with Crippen LogP contribution in [0.5, 0.6) is 5.75 Å². The maximum atomic E-state index is 11.1. The second kappa shape index (κ2) is 3.14. The predicted molar refractivity (Wildman–Crippen MR) is 53.1 cm³/mol. The maximum Gasteiger partial charge on any atom is 0.174 e. The fraction of sp³-hybridized carbons (Fsp3) is 0.300. The van der Waals surface area contributed by atoms with E-state index in [1.807, 2.05) is 19.1 Å². The van der Waals surface area contributed by atoms with Crippen molar-refractivity contribution in [2.75, 3.05) is 6.61 Å². The van der Waals surface area contributed by atoms with Gasteiger partial charge in [-0.2, -0.15) is 0 Å². The smallest absolute Gasteiger partial charge is 0.174 e. The molecule has 2 rings (SSSR count). The number of Topliss-reactive ketones (excluding diaryl/α,β-unsaturated/α-hetero) is 1. The molecule has 68 valence electrons. The zero-order valence-corrected chi connectivity index (χ0v) is 8.85. The van der Waals surface area contributed by atoms with Gasteiger partial charge in [0.15, 0.2) is 5.78 Å². The highest BCUT2D eigenvalue weighted by Crippen LogP contribution is 2.31. The van der Waals surface area contributed by atoms with Crippen molar-refractivity contribution in [3.8, 4) is 5.75 Å². The van der Waals surface area contributed by atoms with E-state index in [0.717, 1.165) is 21.3 Å². The Morgan fingerprint density at radius 2 is 2.23 bits per heavy atom. The van der Waals surface area contributed by atoms with E-state index >= 15 is 0 Å². The molecule has 0 aromatic heterocycles. The minimum absolute atomic E-state index is 0.147. The number of halogens is 1. The molecule has 0 aliphatic carbocycles. The van der Waals surface area contributed by atoms with E-state index in [0.29, 0.717) is 6.42 Å². The van der Waals surface area contributed by atoms with Crippen LogP contribution in [-0.2, 0) is 11.2 Å². The largest absolute Gasteiger partial charge is 0.486 e. The molecule has 1 heterocycles. The summed E-state index contributed by atoms with van der Waals surface area (Å²) >= 11 is 3.43. The van der Waals surface area contributed by atoms with Gasteiger partial charge < -0.3 is 4.74 Å². The summed E-state index contributed by atoms with van der Waals surface area (Å²) < 4.78 is 6.33. The van der Waals surface area contributed by atoms with Crippen molar-refractivity contribution in [3.63, 3.8) is 0 Å². The Morgan fingerprint density at radius 1 is 1.46 bits per heavy atom. The van der Waals surface area contributed by atoms with Crippen LogP contribution in [0.1, 0.15) is 11.1 Å². The summed E-state index contributed by atoms with van der Waals surface area (Å²) in [6.07, 6.45) is 0.501. The van der Waals surface area contributed by atoms with Crippen molar-refractivity contribution in [2.45, 2.75) is 13.3 Å². The van der Waals surface area contributed by atoms with Crippen LogP contribution in [-0.4, -0.2) is 12.4 Å². The number of rotatable bonds is 0. The standard InChI is InChI=1S/C10H9BrO2/c1-6-8-4-7(12)5-13-10(8)3-2-9(6)11/h2-3H,4-5H2,1H3. The van der Waals surface area contributed by atoms with Gasteiger partial charge in [0.05, 0.1) is 0 Å². The molecule has 1 aliphatic heterocycles. The molecule has 0 bridgehead atoms. The molecule has 13 heavy (non-hydrogen) atoms. The van der Waals surface area contributed by atoms with Gasteiger partial charge in [0, 0.05) is 16.5 Å². The number of carbonyl (C=O) groups is 1. The third-order valence-corrected chi connectivity index (χ3v) is 3.11. The average molecular weight is 241 g/mol. The first-order valence-electron chi connectivity index (χ1n) is 4.11. The highest BCUT2D eigenvalue weighted by Gasteiger charge is 2.19. The van der Waals surface area contributed by atoms with Gasteiger partial charge in [-0.1, -0.05) is 15.9 Å². The van der Waals surface area contributed by atoms with Crippen molar-refractivity contribution in [1.82, 2.24) is 0 Å². The molecule has 1 aromatic rings. The number of ketones is 1. The Bertz CT molecular complexity index is 371. The Labute approximate surface area is 85.0 Å². The van der Waals surface area contributed by atoms with Crippen molar-refractivity contribution in [3.05, 3.63) is 27.7 Å². The van der Waals surface area contributed by atoms with Gasteiger partial charge in [0.1, 0.15) is 12.4 Å². The summed E-state index contributed by atoms with van der Waals surface area (Å²) in [4.78, 5) is 11.1. The van der Waals surface area contributed by atoms with Crippen molar-refractivity contribution in [1.29, 1.82) is 0 Å². The van der Waals surface area contributed by atoms with Gasteiger partial charge >= 0.3 is 0 Å². The average Bonchev–Trinajstić information content (AvgIpc) is 2.12. The number of fused-ring (bicyclic) bond motifs is 1. The zero-order chi connectivity index (χ0) is 9.42. The van der Waals surface area contributed by atoms with Crippen molar-refractivity contribution in [2.24, 2.45) is 0 Å². The summed E-state index contributed by atoms with van der Waals surface area (Å²) in [6, 6.07) is 3.85. The molecule has 0 N–H and O–H groups in total. The topological polar surface area (TPSA) is 26.3 Å². The first-order chi connectivity index (χ1) is 6.18. The summed E-state index contributed by atoms with van der Waals surface area (Å²) in [5.41, 5.74) is 2.12. The Balaban J connectivity index is 2.54. The predicted octanol–water partition coefficient (Wildman–Crippen LogP) is 2.26. The molecule has 0 atom stereocenters. The van der Waals surface area contributed by atoms with Crippen LogP contribution in [0, 0.1) is 6.92 Å². The first kappa shape index (κ1) is 8.75. The lowest BCUT2D eigenvalue weighted by atomic mass is 10.0. The van der Waals surface area contributed by atoms with E-state index in [-0.39, 0.29) is 12.4 Å². The molecule has 0 saturated carbocycles. The van der Waals surface area contributed by atoms with E-state index in [1.165, 1.54) is 0 Å². The number of hydrogen-bond acceptors (Lipinski definition) is 2. The van der Waals surface area contributed by atoms with Crippen LogP contribution in [0.2, 0.25) is 0 Å². The van der Waals surface area contributed by atoms with Gasteiger partial charge in [-0.05, 0) is 24.6 Å². The molecule has 0 amide bonds. The maximum absolute atomic E-state index is 11.1. The third kappa shape index (κ3) is 1.48. The van der Waals surface area contributed by atoms with Gasteiger partial charge in [-0.15, -0.1) is 0 Å². The molecule has 0 radical (unpaired) electrons. The van der Waals surface area contributed by atoms with Crippen LogP contribution < -0.4 is 4.74 Å². The van der Waals surface area contributed by atoms with Crippen LogP contribution in [0.4, 0.5) is 0 Å². The van der Waals surface area contributed by atoms with E-state index in [1.54, 1.807) is 0 Å². The Morgan fingerprint density at radius 3 is 3.00 bits per heavy atom. The highest BCUT2D eigenvalue weighted by atomic mass is 79.9. The van der Waals surface area contributed by atoms with Crippen molar-refractivity contribution < 1.29 is 9.53 Å². The van der Waals surface area contributed by atoms with Gasteiger partial charge in [-0.3, -0.25) is 4.79 Å². The van der Waals surface area contributed by atoms with Gasteiger partial charge in [0.2, 0.25) is 0 Å². The molecule has 0 spiro atoms. The van der Waals surface area contributed by atoms with E-state index < -0.39 is 0 Å². The molecule has 0 unspecified atom stereocenters. The molecular weight excluding hydrogens is 232 g/mol. The monoisotopic (exact) mass is 240 g/mol. The molecule has 1 aliphatic rings. The number of benzene rings is 1. The molecular formula is C10H9BrO2. The second-order valence-corrected chi connectivity index (χ2v) is 4.01. The van der Waals surface area contributed by atoms with E-state index in [2.05, 4.69) is 15.9 Å². The number of hydrogen-bond donors (Lipinski definition) is 0. The van der Waals surface area contributed by atoms with Gasteiger partial charge in [-0.25, -0.2) is 0 Å². The fourth-order valence-electron chi connectivity index (χ4n) is 1.46. The second-order valence-electron chi connectivity index (χ2n) is 3.15. The molecule has 0 fully saturated rings. The zero-order valence-electron chi connectivity index (χ0n) is 7.26. The number of ether oxygens (including phenoxy) is 1. The van der Waals surface area contributed by atoms with Crippen LogP contribution in [0.15, 0.2) is 16.6 Å². The molecule has 0 saturated heterocycles. The van der Waals surface area contributed by atoms with E-state index in [9.17, 15) is 4.79 Å². The summed E-state index contributed by atoms with van der Waals surface area (Å²) in [7, 11) is 0. The number of carbonyl (C=O) groups excluding carboxylic acids is 1. The lowest BCUT2D eigenvalue weighted by Gasteiger charge is -2.18. The normalized spacial score (nSPS) is 15.1. The molecule has 2 nitrogen and oxygen atoms in total. The summed E-state index contributed by atoms with van der Waals surface area (Å²) in [6.45, 7) is 2.21. The first-order valence-corrected chi connectivity index (χ1v) is 4.90. The van der Waals surface area contributed by atoms with E-state index in [4.69, 9.17) is 4.74 Å². The lowest BCUT2D eigenvalue weighted by Crippen LogP contribution is -2.21. The van der Waals surface area contributed by atoms with Crippen LogP contribution >= 0.6 is 15.9 Å². The van der Waals surface area contributed by atoms with Crippen LogP contribution in [0.3, 0.4) is 0 Å². The van der Waals surface area contributed by atoms with Crippen molar-refractivity contribution >= 4 is 21.7 Å². The summed E-state index contributed by atoms with van der Waals surface area (Å²) in [5.74, 6) is 0.994. The quantitative estimate of drug-likeness (QED) is 0.696. The van der Waals surface area contributed by atoms with Crippen LogP contribution in [0.25, 0.3) is 0 Å². The molecule has 1 aromatic carbocycles. The third-order valence-electron chi connectivity index (χ3n) is 2.25. The minimum Gasteiger partial charge on any atom is -0.486 e. The Hall–Kier alpha value is -0.830. The Kier molecular flexibility index (Phi) is 2.12. The fourth-order valence-corrected chi connectivity index (χ4v) is 1.84. The SMILES string of the molecule is Cc1c(Br)ccc2c1CC(=O)CO2. The highest BCUT2D eigenvalue weighted by molar-refractivity contribution is 9.10. The summed E-state index contributed by atoms with van der Waals surface area (Å²) in [5, 5.41) is 0. The minimum atomic E-state index is 0.147. The lowest BCUT2D eigenvalue weighted by molar-refractivity contribution is -0.121. The molecule has 3 heteroatoms. The van der Waals surface area contributed by atoms with Gasteiger partial charge in [0.25, 0.3) is 0 Å².